The summed E-state index contributed by atoms with van der Waals surface area (Å²) in [6.07, 6.45) is 5.33. The van der Waals surface area contributed by atoms with Gasteiger partial charge in [-0.15, -0.1) is 0 Å². The summed E-state index contributed by atoms with van der Waals surface area (Å²) in [4.78, 5) is 7.80. The Morgan fingerprint density at radius 3 is 2.38 bits per heavy atom. The lowest BCUT2D eigenvalue weighted by Gasteiger charge is -2.58. The van der Waals surface area contributed by atoms with Crippen molar-refractivity contribution in [3.8, 4) is 22.9 Å². The Labute approximate surface area is 202 Å². The molecule has 1 aromatic heterocycles. The Kier molecular flexibility index (Phi) is 5.34. The quantitative estimate of drug-likeness (QED) is 0.608. The van der Waals surface area contributed by atoms with Crippen LogP contribution in [0.1, 0.15) is 42.7 Å². The fourth-order valence-corrected chi connectivity index (χ4v) is 6.52. The number of imidazole rings is 1. The van der Waals surface area contributed by atoms with E-state index in [0.717, 1.165) is 34.4 Å². The van der Waals surface area contributed by atoms with Crippen molar-refractivity contribution in [2.45, 2.75) is 44.6 Å². The number of hydrogen-bond donors (Lipinski definition) is 1. The number of rotatable bonds is 5. The third-order valence-corrected chi connectivity index (χ3v) is 8.70. The van der Waals surface area contributed by atoms with Crippen molar-refractivity contribution in [3.63, 3.8) is 0 Å². The molecule has 180 valence electrons. The van der Waals surface area contributed by atoms with Crippen LogP contribution in [0.2, 0.25) is 0 Å². The van der Waals surface area contributed by atoms with E-state index in [1.54, 1.807) is 14.2 Å². The van der Waals surface area contributed by atoms with Crippen LogP contribution in [0.3, 0.4) is 0 Å². The van der Waals surface area contributed by atoms with Gasteiger partial charge in [0.05, 0.1) is 25.3 Å². The third-order valence-electron chi connectivity index (χ3n) is 8.70. The highest BCUT2D eigenvalue weighted by atomic mass is 16.5. The number of aryl methyl sites for hydroxylation is 2. The normalized spacial score (nSPS) is 20.9. The highest BCUT2D eigenvalue weighted by Gasteiger charge is 2.50. The largest absolute Gasteiger partial charge is 0.493 e. The Morgan fingerprint density at radius 1 is 1.00 bits per heavy atom. The van der Waals surface area contributed by atoms with Crippen LogP contribution >= 0.6 is 0 Å². The molecule has 3 aromatic rings. The summed E-state index contributed by atoms with van der Waals surface area (Å²) < 4.78 is 13.2. The van der Waals surface area contributed by atoms with Gasteiger partial charge in [0.2, 0.25) is 0 Å². The number of aromatic nitrogens is 2. The fraction of sp³-hybridized carbons (Fsp3) is 0.536. The summed E-state index contributed by atoms with van der Waals surface area (Å²) in [6, 6.07) is 11.6. The van der Waals surface area contributed by atoms with Crippen molar-refractivity contribution in [2.24, 2.45) is 12.5 Å². The maximum absolute atomic E-state index is 5.52. The second-order valence-corrected chi connectivity index (χ2v) is 10.7. The number of ether oxygens (including phenoxy) is 2. The van der Waals surface area contributed by atoms with Crippen LogP contribution < -0.4 is 14.8 Å². The van der Waals surface area contributed by atoms with Crippen molar-refractivity contribution in [2.75, 3.05) is 40.4 Å². The first kappa shape index (κ1) is 21.9. The molecule has 0 unspecified atom stereocenters. The zero-order chi connectivity index (χ0) is 23.4. The lowest BCUT2D eigenvalue weighted by molar-refractivity contribution is -0.0432. The number of piperidine rings is 1. The van der Waals surface area contributed by atoms with E-state index in [4.69, 9.17) is 14.5 Å². The lowest BCUT2D eigenvalue weighted by atomic mass is 9.61. The van der Waals surface area contributed by atoms with Crippen molar-refractivity contribution in [3.05, 3.63) is 41.5 Å². The minimum Gasteiger partial charge on any atom is -0.493 e. The smallest absolute Gasteiger partial charge is 0.161 e. The molecule has 0 bridgehead atoms. The second kappa shape index (κ2) is 8.28. The van der Waals surface area contributed by atoms with E-state index in [2.05, 4.69) is 47.0 Å². The van der Waals surface area contributed by atoms with Crippen molar-refractivity contribution >= 4 is 11.0 Å². The first-order valence-electron chi connectivity index (χ1n) is 12.6. The monoisotopic (exact) mass is 460 g/mol. The van der Waals surface area contributed by atoms with E-state index >= 15 is 0 Å². The second-order valence-electron chi connectivity index (χ2n) is 10.7. The Morgan fingerprint density at radius 2 is 1.74 bits per heavy atom. The summed E-state index contributed by atoms with van der Waals surface area (Å²) in [5, 5.41) is 3.47. The molecule has 6 nitrogen and oxygen atoms in total. The maximum Gasteiger partial charge on any atom is 0.161 e. The summed E-state index contributed by atoms with van der Waals surface area (Å²) in [5.74, 6) is 3.05. The van der Waals surface area contributed by atoms with Crippen LogP contribution in [0, 0.1) is 12.3 Å². The van der Waals surface area contributed by atoms with Crippen LogP contribution in [0.25, 0.3) is 22.4 Å². The minimum absolute atomic E-state index is 0.637. The van der Waals surface area contributed by atoms with Gasteiger partial charge in [-0.25, -0.2) is 4.98 Å². The number of methoxy groups -OCH3 is 2. The molecule has 0 atom stereocenters. The molecule has 1 spiro atoms. The summed E-state index contributed by atoms with van der Waals surface area (Å²) in [5.41, 5.74) is 6.72. The number of nitrogens with one attached hydrogen (secondary N) is 1. The Bertz CT molecular complexity index is 1210. The molecule has 6 heteroatoms. The molecular weight excluding hydrogens is 424 g/mol. The van der Waals surface area contributed by atoms with Gasteiger partial charge in [-0.3, -0.25) is 0 Å². The third kappa shape index (κ3) is 3.50. The van der Waals surface area contributed by atoms with E-state index in [0.29, 0.717) is 11.3 Å². The van der Waals surface area contributed by atoms with E-state index in [9.17, 15) is 0 Å². The molecule has 1 saturated carbocycles. The molecule has 0 amide bonds. The van der Waals surface area contributed by atoms with Gasteiger partial charge in [0.15, 0.2) is 11.5 Å². The number of likely N-dealkylation sites (tertiary alicyclic amines) is 1. The number of fused-ring (bicyclic) bond motifs is 1. The van der Waals surface area contributed by atoms with Gasteiger partial charge in [-0.1, -0.05) is 6.07 Å². The molecule has 34 heavy (non-hydrogen) atoms. The van der Waals surface area contributed by atoms with Crippen LogP contribution in [0.15, 0.2) is 30.3 Å². The predicted molar refractivity (Wildman–Crippen MR) is 136 cm³/mol. The van der Waals surface area contributed by atoms with E-state index in [1.807, 2.05) is 12.1 Å². The summed E-state index contributed by atoms with van der Waals surface area (Å²) in [7, 11) is 5.46. The number of nitrogens with zero attached hydrogens (tertiary/aromatic N) is 3. The molecule has 3 aliphatic rings. The van der Waals surface area contributed by atoms with Crippen molar-refractivity contribution in [1.82, 2.24) is 19.8 Å². The lowest BCUT2D eigenvalue weighted by Crippen LogP contribution is -2.65. The molecule has 3 heterocycles. The Balaban J connectivity index is 1.23. The average molecular weight is 461 g/mol. The SMILES string of the molecule is COc1ccc(-c2nc3c(C)cc(C4CCN(C5CC6(CNC6)C5)CC4)cc3n2C)cc1OC. The van der Waals surface area contributed by atoms with Crippen LogP contribution in [-0.2, 0) is 7.05 Å². The zero-order valence-corrected chi connectivity index (χ0v) is 20.9. The topological polar surface area (TPSA) is 51.5 Å². The van der Waals surface area contributed by atoms with Gasteiger partial charge < -0.3 is 24.3 Å². The van der Waals surface area contributed by atoms with Gasteiger partial charge in [0.1, 0.15) is 5.82 Å². The molecule has 1 N–H and O–H groups in total. The molecule has 0 radical (unpaired) electrons. The number of benzene rings is 2. The maximum atomic E-state index is 5.52. The van der Waals surface area contributed by atoms with E-state index in [1.165, 1.54) is 68.5 Å². The van der Waals surface area contributed by atoms with E-state index < -0.39 is 0 Å². The van der Waals surface area contributed by atoms with Gasteiger partial charge in [0, 0.05) is 31.7 Å². The van der Waals surface area contributed by atoms with Crippen LogP contribution in [0.5, 0.6) is 11.5 Å². The van der Waals surface area contributed by atoms with Gasteiger partial charge in [0.25, 0.3) is 0 Å². The summed E-state index contributed by atoms with van der Waals surface area (Å²) in [6.45, 7) is 7.16. The van der Waals surface area contributed by atoms with Gasteiger partial charge in [-0.2, -0.15) is 0 Å². The van der Waals surface area contributed by atoms with Crippen molar-refractivity contribution < 1.29 is 9.47 Å². The average Bonchev–Trinajstić information content (AvgIpc) is 3.14. The molecular formula is C28H36N4O2. The predicted octanol–water partition coefficient (Wildman–Crippen LogP) is 4.50. The van der Waals surface area contributed by atoms with Crippen LogP contribution in [0.4, 0.5) is 0 Å². The highest BCUT2D eigenvalue weighted by Crippen LogP contribution is 2.47. The molecule has 1 aliphatic carbocycles. The molecule has 2 aromatic carbocycles. The van der Waals surface area contributed by atoms with E-state index in [-0.39, 0.29) is 0 Å². The van der Waals surface area contributed by atoms with Gasteiger partial charge >= 0.3 is 0 Å². The highest BCUT2D eigenvalue weighted by molar-refractivity contribution is 5.84. The minimum atomic E-state index is 0.637. The van der Waals surface area contributed by atoms with Gasteiger partial charge in [-0.05, 0) is 92.4 Å². The molecule has 3 fully saturated rings. The standard InChI is InChI=1S/C28H36N4O2/c1-18-11-21(19-7-9-32(10-8-19)22-14-28(15-22)16-29-17-28)12-23-26(18)30-27(31(23)2)20-5-6-24(33-3)25(13-20)34-4/h5-6,11-13,19,22,29H,7-10,14-17H2,1-4H3. The fourth-order valence-electron chi connectivity index (χ4n) is 6.52. The van der Waals surface area contributed by atoms with Crippen LogP contribution in [-0.4, -0.2) is 60.9 Å². The Hall–Kier alpha value is -2.57. The van der Waals surface area contributed by atoms with Crippen molar-refractivity contribution in [1.29, 1.82) is 0 Å². The molecule has 2 aliphatic heterocycles. The molecule has 6 rings (SSSR count). The molecule has 2 saturated heterocycles. The zero-order valence-electron chi connectivity index (χ0n) is 20.9. The summed E-state index contributed by atoms with van der Waals surface area (Å²) >= 11 is 0. The first-order valence-corrected chi connectivity index (χ1v) is 12.6. The first-order chi connectivity index (χ1) is 16.5. The number of hydrogen-bond acceptors (Lipinski definition) is 5.